The van der Waals surface area contributed by atoms with Gasteiger partial charge in [-0.3, -0.25) is 4.98 Å². The number of hydrogen-bond acceptors (Lipinski definition) is 3. The highest BCUT2D eigenvalue weighted by molar-refractivity contribution is 6.34. The average Bonchev–Trinajstić information content (AvgIpc) is 2.46. The minimum absolute atomic E-state index is 0.155. The third-order valence-corrected chi connectivity index (χ3v) is 3.39. The molecule has 0 aliphatic heterocycles. The zero-order chi connectivity index (χ0) is 14.8. The zero-order valence-electron chi connectivity index (χ0n) is 10.9. The smallest absolute Gasteiger partial charge is 0.138 e. The van der Waals surface area contributed by atoms with E-state index in [0.717, 1.165) is 10.9 Å². The first-order valence-electron chi connectivity index (χ1n) is 6.29. The molecule has 0 fully saturated rings. The summed E-state index contributed by atoms with van der Waals surface area (Å²) < 4.78 is 5.88. The number of halogens is 2. The average molecular weight is 320 g/mol. The molecule has 0 saturated carbocycles. The number of aliphatic hydroxyl groups excluding tert-OH is 1. The molecule has 3 nitrogen and oxygen atoms in total. The van der Waals surface area contributed by atoms with Gasteiger partial charge in [-0.1, -0.05) is 35.3 Å². The molecule has 3 rings (SSSR count). The van der Waals surface area contributed by atoms with E-state index in [-0.39, 0.29) is 6.61 Å². The highest BCUT2D eigenvalue weighted by atomic mass is 35.5. The number of benzene rings is 2. The summed E-state index contributed by atoms with van der Waals surface area (Å²) in [6, 6.07) is 14.3. The highest BCUT2D eigenvalue weighted by Gasteiger charge is 2.08. The Bertz CT molecular complexity index is 785. The van der Waals surface area contributed by atoms with E-state index in [1.165, 1.54) is 0 Å². The molecule has 0 aliphatic carbocycles. The number of ether oxygens (including phenoxy) is 1. The van der Waals surface area contributed by atoms with Gasteiger partial charge in [0.15, 0.2) is 0 Å². The Morgan fingerprint density at radius 1 is 1.00 bits per heavy atom. The lowest BCUT2D eigenvalue weighted by molar-refractivity contribution is 0.277. The second-order valence-electron chi connectivity index (χ2n) is 4.49. The van der Waals surface area contributed by atoms with E-state index in [2.05, 4.69) is 4.98 Å². The van der Waals surface area contributed by atoms with E-state index in [0.29, 0.717) is 27.2 Å². The number of pyridine rings is 1. The van der Waals surface area contributed by atoms with Crippen molar-refractivity contribution in [3.05, 3.63) is 64.3 Å². The molecule has 2 aromatic carbocycles. The number of fused-ring (bicyclic) bond motifs is 1. The lowest BCUT2D eigenvalue weighted by Crippen LogP contribution is -1.94. The Balaban J connectivity index is 2.10. The van der Waals surface area contributed by atoms with E-state index in [4.69, 9.17) is 27.9 Å². The Morgan fingerprint density at radius 2 is 1.71 bits per heavy atom. The standard InChI is InChI=1S/C16H11Cl2NO2/c17-10-5-11(18)7-13(6-10)21-16-8-12(9-20)19-15-4-2-1-3-14(15)16/h1-8,20H,9H2. The van der Waals surface area contributed by atoms with Crippen LogP contribution >= 0.6 is 23.2 Å². The van der Waals surface area contributed by atoms with E-state index in [9.17, 15) is 5.11 Å². The lowest BCUT2D eigenvalue weighted by Gasteiger charge is -2.11. The molecule has 0 spiro atoms. The van der Waals surface area contributed by atoms with E-state index >= 15 is 0 Å². The topological polar surface area (TPSA) is 42.4 Å². The molecule has 0 aliphatic rings. The molecule has 3 aromatic rings. The summed E-state index contributed by atoms with van der Waals surface area (Å²) in [5.74, 6) is 1.13. The number of hydrogen-bond donors (Lipinski definition) is 1. The van der Waals surface area contributed by atoms with E-state index < -0.39 is 0 Å². The molecule has 1 N–H and O–H groups in total. The van der Waals surface area contributed by atoms with Crippen LogP contribution in [0, 0.1) is 0 Å². The van der Waals surface area contributed by atoms with Gasteiger partial charge in [0.2, 0.25) is 0 Å². The van der Waals surface area contributed by atoms with Crippen molar-refractivity contribution in [3.8, 4) is 11.5 Å². The normalized spacial score (nSPS) is 10.8. The molecule has 0 unspecified atom stereocenters. The van der Waals surface area contributed by atoms with Crippen molar-refractivity contribution in [1.29, 1.82) is 0 Å². The first-order chi connectivity index (χ1) is 10.2. The van der Waals surface area contributed by atoms with E-state index in [1.54, 1.807) is 24.3 Å². The predicted molar refractivity (Wildman–Crippen MR) is 84.2 cm³/mol. The van der Waals surface area contributed by atoms with Crippen molar-refractivity contribution in [1.82, 2.24) is 4.98 Å². The van der Waals surface area contributed by atoms with Crippen molar-refractivity contribution in [2.24, 2.45) is 0 Å². The van der Waals surface area contributed by atoms with Crippen molar-refractivity contribution >= 4 is 34.1 Å². The number of rotatable bonds is 3. The summed E-state index contributed by atoms with van der Waals surface area (Å²) in [5, 5.41) is 11.2. The van der Waals surface area contributed by atoms with Gasteiger partial charge in [0.1, 0.15) is 11.5 Å². The maximum absolute atomic E-state index is 9.32. The Morgan fingerprint density at radius 3 is 2.43 bits per heavy atom. The lowest BCUT2D eigenvalue weighted by atomic mass is 10.2. The number of aliphatic hydroxyl groups is 1. The minimum atomic E-state index is -0.155. The molecule has 5 heteroatoms. The maximum Gasteiger partial charge on any atom is 0.138 e. The summed E-state index contributed by atoms with van der Waals surface area (Å²) in [6.45, 7) is -0.155. The third-order valence-electron chi connectivity index (χ3n) is 2.96. The largest absolute Gasteiger partial charge is 0.456 e. The van der Waals surface area contributed by atoms with Gasteiger partial charge in [0.25, 0.3) is 0 Å². The quantitative estimate of drug-likeness (QED) is 0.752. The summed E-state index contributed by atoms with van der Waals surface area (Å²) in [6.07, 6.45) is 0. The van der Waals surface area contributed by atoms with Crippen molar-refractivity contribution in [3.63, 3.8) is 0 Å². The van der Waals surface area contributed by atoms with Crippen LogP contribution < -0.4 is 4.74 Å². The first kappa shape index (κ1) is 14.1. The fraction of sp³-hybridized carbons (Fsp3) is 0.0625. The highest BCUT2D eigenvalue weighted by Crippen LogP contribution is 2.32. The van der Waals surface area contributed by atoms with Crippen LogP contribution in [-0.4, -0.2) is 10.1 Å². The fourth-order valence-electron chi connectivity index (χ4n) is 2.08. The zero-order valence-corrected chi connectivity index (χ0v) is 12.4. The molecule has 21 heavy (non-hydrogen) atoms. The van der Waals surface area contributed by atoms with Crippen LogP contribution in [0.1, 0.15) is 5.69 Å². The van der Waals surface area contributed by atoms with Crippen LogP contribution in [0.4, 0.5) is 0 Å². The van der Waals surface area contributed by atoms with Crippen molar-refractivity contribution < 1.29 is 9.84 Å². The minimum Gasteiger partial charge on any atom is -0.456 e. The Hall–Kier alpha value is -1.81. The molecular weight excluding hydrogens is 309 g/mol. The van der Waals surface area contributed by atoms with Gasteiger partial charge in [-0.15, -0.1) is 0 Å². The van der Waals surface area contributed by atoms with Crippen LogP contribution in [0.2, 0.25) is 10.0 Å². The second-order valence-corrected chi connectivity index (χ2v) is 5.37. The van der Waals surface area contributed by atoms with Crippen LogP contribution in [-0.2, 0) is 6.61 Å². The van der Waals surface area contributed by atoms with Gasteiger partial charge in [-0.25, -0.2) is 0 Å². The maximum atomic E-state index is 9.32. The SMILES string of the molecule is OCc1cc(Oc2cc(Cl)cc(Cl)c2)c2ccccc2n1. The number of aromatic nitrogens is 1. The Labute approximate surface area is 131 Å². The molecule has 0 atom stereocenters. The van der Waals surface area contributed by atoms with Gasteiger partial charge in [-0.2, -0.15) is 0 Å². The first-order valence-corrected chi connectivity index (χ1v) is 7.05. The summed E-state index contributed by atoms with van der Waals surface area (Å²) >= 11 is 12.0. The fourth-order valence-corrected chi connectivity index (χ4v) is 2.58. The molecule has 0 saturated heterocycles. The molecule has 0 bridgehead atoms. The second kappa shape index (κ2) is 5.90. The van der Waals surface area contributed by atoms with Gasteiger partial charge < -0.3 is 9.84 Å². The van der Waals surface area contributed by atoms with Crippen LogP contribution in [0.3, 0.4) is 0 Å². The van der Waals surface area contributed by atoms with Gasteiger partial charge in [-0.05, 0) is 30.3 Å². The van der Waals surface area contributed by atoms with Crippen LogP contribution in [0.15, 0.2) is 48.5 Å². The van der Waals surface area contributed by atoms with E-state index in [1.807, 2.05) is 24.3 Å². The number of nitrogens with zero attached hydrogens (tertiary/aromatic N) is 1. The molecule has 0 radical (unpaired) electrons. The summed E-state index contributed by atoms with van der Waals surface area (Å²) in [4.78, 5) is 4.35. The summed E-state index contributed by atoms with van der Waals surface area (Å²) in [5.41, 5.74) is 1.30. The Kier molecular flexibility index (Phi) is 3.97. The predicted octanol–water partition coefficient (Wildman–Crippen LogP) is 4.83. The van der Waals surface area contributed by atoms with Gasteiger partial charge in [0, 0.05) is 21.5 Å². The van der Waals surface area contributed by atoms with Gasteiger partial charge in [0.05, 0.1) is 17.8 Å². The monoisotopic (exact) mass is 319 g/mol. The molecule has 1 aromatic heterocycles. The third kappa shape index (κ3) is 3.10. The van der Waals surface area contributed by atoms with Crippen molar-refractivity contribution in [2.75, 3.05) is 0 Å². The molecule has 0 amide bonds. The van der Waals surface area contributed by atoms with Gasteiger partial charge >= 0.3 is 0 Å². The van der Waals surface area contributed by atoms with Crippen LogP contribution in [0.5, 0.6) is 11.5 Å². The van der Waals surface area contributed by atoms with Crippen molar-refractivity contribution in [2.45, 2.75) is 6.61 Å². The van der Waals surface area contributed by atoms with Crippen LogP contribution in [0.25, 0.3) is 10.9 Å². The molecule has 1 heterocycles. The summed E-state index contributed by atoms with van der Waals surface area (Å²) in [7, 11) is 0. The number of para-hydroxylation sites is 1. The molecule has 106 valence electrons. The molecular formula is C16H11Cl2NO2.